The van der Waals surface area contributed by atoms with Crippen molar-refractivity contribution in [2.45, 2.75) is 44.6 Å². The van der Waals surface area contributed by atoms with Crippen LogP contribution in [-0.2, 0) is 4.79 Å². The van der Waals surface area contributed by atoms with Crippen molar-refractivity contribution < 1.29 is 27.9 Å². The molecule has 1 aliphatic rings. The number of carbonyl (C=O) groups is 2. The van der Waals surface area contributed by atoms with Gasteiger partial charge in [-0.3, -0.25) is 4.90 Å². The van der Waals surface area contributed by atoms with Crippen LogP contribution in [0.25, 0.3) is 0 Å². The van der Waals surface area contributed by atoms with Crippen LogP contribution in [0.5, 0.6) is 0 Å². The van der Waals surface area contributed by atoms with E-state index in [1.807, 2.05) is 25.8 Å². The maximum atomic E-state index is 12.9. The number of carbonyl (C=O) groups excluding carboxylic acids is 1. The predicted octanol–water partition coefficient (Wildman–Crippen LogP) is 1.13. The Morgan fingerprint density at radius 2 is 1.62 bits per heavy atom. The molecule has 21 heavy (non-hydrogen) atoms. The highest BCUT2D eigenvalue weighted by molar-refractivity contribution is 5.86. The average Bonchev–Trinajstić information content (AvgIpc) is 2.33. The van der Waals surface area contributed by atoms with Gasteiger partial charge in [-0.05, 0) is 27.8 Å². The third-order valence-corrected chi connectivity index (χ3v) is 4.00. The number of aliphatic carboxylic acids is 1. The van der Waals surface area contributed by atoms with Crippen molar-refractivity contribution in [1.82, 2.24) is 15.1 Å². The van der Waals surface area contributed by atoms with Crippen LogP contribution >= 0.6 is 0 Å². The lowest BCUT2D eigenvalue weighted by atomic mass is 10.0. The standard InChI is InChI=1S/C12H20F3N3O3/c1-7-5-18(6-8(2)17(7)4)10(21)16-11(3,9(19)20)12(13,14)15/h7-8H,5-6H2,1-4H3,(H,16,21)(H,19,20). The minimum Gasteiger partial charge on any atom is -0.479 e. The summed E-state index contributed by atoms with van der Waals surface area (Å²) in [6.45, 7) is 4.60. The Balaban J connectivity index is 2.87. The Bertz CT molecular complexity index is 418. The summed E-state index contributed by atoms with van der Waals surface area (Å²) < 4.78 is 38.6. The van der Waals surface area contributed by atoms with E-state index in [4.69, 9.17) is 5.11 Å². The minimum atomic E-state index is -5.09. The van der Waals surface area contributed by atoms with Crippen molar-refractivity contribution in [3.63, 3.8) is 0 Å². The highest BCUT2D eigenvalue weighted by Gasteiger charge is 2.59. The lowest BCUT2D eigenvalue weighted by Gasteiger charge is -2.43. The van der Waals surface area contributed by atoms with Crippen LogP contribution in [0, 0.1) is 0 Å². The van der Waals surface area contributed by atoms with Gasteiger partial charge >= 0.3 is 18.2 Å². The van der Waals surface area contributed by atoms with Gasteiger partial charge in [0, 0.05) is 25.2 Å². The van der Waals surface area contributed by atoms with E-state index in [1.54, 1.807) is 5.32 Å². The molecule has 0 aliphatic carbocycles. The zero-order valence-electron chi connectivity index (χ0n) is 12.4. The molecule has 3 atom stereocenters. The first-order valence-corrected chi connectivity index (χ1v) is 6.49. The lowest BCUT2D eigenvalue weighted by molar-refractivity contribution is -0.203. The Morgan fingerprint density at radius 1 is 1.19 bits per heavy atom. The second-order valence-electron chi connectivity index (χ2n) is 5.63. The number of nitrogens with one attached hydrogen (secondary N) is 1. The normalized spacial score (nSPS) is 27.1. The maximum Gasteiger partial charge on any atom is 0.422 e. The fraction of sp³-hybridized carbons (Fsp3) is 0.833. The number of amides is 2. The molecule has 0 bridgehead atoms. The van der Waals surface area contributed by atoms with E-state index in [0.29, 0.717) is 6.92 Å². The summed E-state index contributed by atoms with van der Waals surface area (Å²) in [4.78, 5) is 26.1. The van der Waals surface area contributed by atoms with E-state index in [0.717, 1.165) is 0 Å². The molecule has 9 heteroatoms. The van der Waals surface area contributed by atoms with Gasteiger partial charge < -0.3 is 15.3 Å². The topological polar surface area (TPSA) is 72.9 Å². The van der Waals surface area contributed by atoms with E-state index in [1.165, 1.54) is 4.90 Å². The fourth-order valence-electron chi connectivity index (χ4n) is 2.11. The number of carboxylic acid groups (broad SMARTS) is 1. The number of halogens is 3. The smallest absolute Gasteiger partial charge is 0.422 e. The molecule has 0 aromatic heterocycles. The first-order valence-electron chi connectivity index (χ1n) is 6.49. The second kappa shape index (κ2) is 5.70. The molecule has 0 radical (unpaired) electrons. The van der Waals surface area contributed by atoms with Gasteiger partial charge in [-0.15, -0.1) is 0 Å². The SMILES string of the molecule is CC1CN(C(=O)NC(C)(C(=O)O)C(F)(F)F)CC(C)N1C. The Morgan fingerprint density at radius 3 is 1.95 bits per heavy atom. The van der Waals surface area contributed by atoms with Gasteiger partial charge in [0.15, 0.2) is 0 Å². The molecule has 0 spiro atoms. The van der Waals surface area contributed by atoms with Gasteiger partial charge in [0.2, 0.25) is 5.54 Å². The minimum absolute atomic E-state index is 0.0264. The van der Waals surface area contributed by atoms with Gasteiger partial charge in [-0.1, -0.05) is 0 Å². The largest absolute Gasteiger partial charge is 0.479 e. The Hall–Kier alpha value is -1.51. The first-order chi connectivity index (χ1) is 9.40. The highest BCUT2D eigenvalue weighted by Crippen LogP contribution is 2.30. The molecule has 6 nitrogen and oxygen atoms in total. The summed E-state index contributed by atoms with van der Waals surface area (Å²) in [6, 6.07) is -1.08. The lowest BCUT2D eigenvalue weighted by Crippen LogP contribution is -2.66. The van der Waals surface area contributed by atoms with E-state index < -0.39 is 23.7 Å². The molecule has 0 aromatic carbocycles. The molecular formula is C12H20F3N3O3. The van der Waals surface area contributed by atoms with Crippen LogP contribution in [-0.4, -0.2) is 70.8 Å². The molecule has 3 unspecified atom stereocenters. The first kappa shape index (κ1) is 17.5. The summed E-state index contributed by atoms with van der Waals surface area (Å²) in [6.07, 6.45) is -5.09. The van der Waals surface area contributed by atoms with Crippen LogP contribution < -0.4 is 5.32 Å². The van der Waals surface area contributed by atoms with Gasteiger partial charge in [0.25, 0.3) is 0 Å². The monoisotopic (exact) mass is 311 g/mol. The van der Waals surface area contributed by atoms with Crippen molar-refractivity contribution in [2.75, 3.05) is 20.1 Å². The number of nitrogens with zero attached hydrogens (tertiary/aromatic N) is 2. The molecule has 1 fully saturated rings. The molecule has 1 saturated heterocycles. The summed E-state index contributed by atoms with van der Waals surface area (Å²) in [5.74, 6) is -2.14. The number of piperazine rings is 1. The van der Waals surface area contributed by atoms with Crippen LogP contribution in [0.3, 0.4) is 0 Å². The van der Waals surface area contributed by atoms with Gasteiger partial charge in [-0.2, -0.15) is 13.2 Å². The zero-order chi connectivity index (χ0) is 16.6. The molecular weight excluding hydrogens is 291 g/mol. The molecule has 0 saturated carbocycles. The van der Waals surface area contributed by atoms with E-state index >= 15 is 0 Å². The van der Waals surface area contributed by atoms with Crippen LogP contribution in [0.15, 0.2) is 0 Å². The summed E-state index contributed by atoms with van der Waals surface area (Å²) in [5.41, 5.74) is -3.31. The van der Waals surface area contributed by atoms with Crippen molar-refractivity contribution in [2.24, 2.45) is 0 Å². The Kier molecular flexibility index (Phi) is 4.76. The zero-order valence-corrected chi connectivity index (χ0v) is 12.4. The highest BCUT2D eigenvalue weighted by atomic mass is 19.4. The van der Waals surface area contributed by atoms with Crippen molar-refractivity contribution in [1.29, 1.82) is 0 Å². The molecule has 1 heterocycles. The fourth-order valence-corrected chi connectivity index (χ4v) is 2.11. The number of urea groups is 1. The van der Waals surface area contributed by atoms with Crippen molar-refractivity contribution in [3.8, 4) is 0 Å². The molecule has 122 valence electrons. The third-order valence-electron chi connectivity index (χ3n) is 4.00. The molecule has 1 rings (SSSR count). The molecule has 0 aromatic rings. The number of rotatable bonds is 2. The van der Waals surface area contributed by atoms with Crippen LogP contribution in [0.1, 0.15) is 20.8 Å². The van der Waals surface area contributed by atoms with Gasteiger partial charge in [0.05, 0.1) is 0 Å². The molecule has 2 amide bonds. The van der Waals surface area contributed by atoms with Gasteiger partial charge in [-0.25, -0.2) is 9.59 Å². The molecule has 1 aliphatic heterocycles. The van der Waals surface area contributed by atoms with Gasteiger partial charge in [0.1, 0.15) is 0 Å². The number of alkyl halides is 3. The summed E-state index contributed by atoms with van der Waals surface area (Å²) >= 11 is 0. The van der Waals surface area contributed by atoms with Crippen molar-refractivity contribution >= 4 is 12.0 Å². The number of carboxylic acids is 1. The number of hydrogen-bond acceptors (Lipinski definition) is 3. The maximum absolute atomic E-state index is 12.9. The predicted molar refractivity (Wildman–Crippen MR) is 68.9 cm³/mol. The third kappa shape index (κ3) is 3.39. The quantitative estimate of drug-likeness (QED) is 0.802. The number of hydrogen-bond donors (Lipinski definition) is 2. The van der Waals surface area contributed by atoms with Crippen LogP contribution in [0.2, 0.25) is 0 Å². The Labute approximate surface area is 120 Å². The summed E-state index contributed by atoms with van der Waals surface area (Å²) in [5, 5.41) is 10.4. The average molecular weight is 311 g/mol. The number of likely N-dealkylation sites (N-methyl/N-ethyl adjacent to an activating group) is 1. The van der Waals surface area contributed by atoms with E-state index in [2.05, 4.69) is 0 Å². The molecule has 2 N–H and O–H groups in total. The van der Waals surface area contributed by atoms with Crippen LogP contribution in [0.4, 0.5) is 18.0 Å². The van der Waals surface area contributed by atoms with E-state index in [9.17, 15) is 22.8 Å². The summed E-state index contributed by atoms with van der Waals surface area (Å²) in [7, 11) is 1.86. The van der Waals surface area contributed by atoms with E-state index in [-0.39, 0.29) is 25.2 Å². The van der Waals surface area contributed by atoms with Crippen molar-refractivity contribution in [3.05, 3.63) is 0 Å². The second-order valence-corrected chi connectivity index (χ2v) is 5.63.